The van der Waals surface area contributed by atoms with E-state index < -0.39 is 11.9 Å². The van der Waals surface area contributed by atoms with Gasteiger partial charge in [0.2, 0.25) is 11.8 Å². The number of hydrogen-bond acceptors (Lipinski definition) is 7. The Bertz CT molecular complexity index is 1400. The lowest BCUT2D eigenvalue weighted by Gasteiger charge is -2.09. The van der Waals surface area contributed by atoms with Crippen LogP contribution in [-0.4, -0.2) is 42.6 Å². The summed E-state index contributed by atoms with van der Waals surface area (Å²) >= 11 is 1.29. The van der Waals surface area contributed by atoms with Crippen LogP contribution in [0.5, 0.6) is 0 Å². The second-order valence-electron chi connectivity index (χ2n) is 8.08. The van der Waals surface area contributed by atoms with Crippen LogP contribution in [0.4, 0.5) is 9.52 Å². The number of carbonyl (C=O) groups is 2. The first kappa shape index (κ1) is 25.0. The van der Waals surface area contributed by atoms with Crippen molar-refractivity contribution in [2.45, 2.75) is 33.4 Å². The summed E-state index contributed by atoms with van der Waals surface area (Å²) in [4.78, 5) is 37.4. The second-order valence-corrected chi connectivity index (χ2v) is 8.94. The Morgan fingerprint density at radius 3 is 2.78 bits per heavy atom. The molecule has 0 aromatic carbocycles. The number of ether oxygens (including phenoxy) is 1. The summed E-state index contributed by atoms with van der Waals surface area (Å²) in [6, 6.07) is 6.51. The van der Waals surface area contributed by atoms with Crippen molar-refractivity contribution in [1.82, 2.24) is 24.1 Å². The molecule has 4 aromatic rings. The van der Waals surface area contributed by atoms with Gasteiger partial charge in [-0.25, -0.2) is 19.7 Å². The number of anilines is 1. The SMILES string of the molecule is CCOC(=O)c1nc(C=Cc2csc(NC(=O)c3cccn3Cc3ccnc(F)c3)n2)cn1C(C)C. The molecule has 1 N–H and O–H groups in total. The molecule has 0 saturated carbocycles. The molecule has 9 nitrogen and oxygen atoms in total. The number of rotatable bonds is 9. The van der Waals surface area contributed by atoms with Gasteiger partial charge < -0.3 is 13.9 Å². The van der Waals surface area contributed by atoms with Crippen LogP contribution in [0.15, 0.2) is 48.2 Å². The normalized spacial score (nSPS) is 11.4. The van der Waals surface area contributed by atoms with Gasteiger partial charge in [-0.3, -0.25) is 10.1 Å². The van der Waals surface area contributed by atoms with Crippen molar-refractivity contribution in [3.05, 3.63) is 82.7 Å². The van der Waals surface area contributed by atoms with Crippen molar-refractivity contribution in [1.29, 1.82) is 0 Å². The Morgan fingerprint density at radius 2 is 2.03 bits per heavy atom. The number of esters is 1. The fourth-order valence-corrected chi connectivity index (χ4v) is 4.15. The van der Waals surface area contributed by atoms with Gasteiger partial charge in [0.1, 0.15) is 5.69 Å². The standard InChI is InChI=1S/C25H25FN6O3S/c1-4-35-24(34)22-28-18(14-32(22)16(2)3)7-8-19-15-36-25(29-19)30-23(33)20-6-5-11-31(20)13-17-9-10-27-21(26)12-17/h5-12,14-16H,4,13H2,1-3H3,(H,29,30,33). The maximum Gasteiger partial charge on any atom is 0.374 e. The van der Waals surface area contributed by atoms with Gasteiger partial charge in [-0.2, -0.15) is 4.39 Å². The lowest BCUT2D eigenvalue weighted by molar-refractivity contribution is 0.0504. The number of aromatic nitrogens is 5. The molecule has 4 rings (SSSR count). The van der Waals surface area contributed by atoms with E-state index in [1.165, 1.54) is 23.6 Å². The van der Waals surface area contributed by atoms with Gasteiger partial charge in [0.15, 0.2) is 5.13 Å². The number of pyridine rings is 1. The minimum absolute atomic E-state index is 0.0386. The van der Waals surface area contributed by atoms with E-state index in [1.807, 2.05) is 13.8 Å². The highest BCUT2D eigenvalue weighted by Gasteiger charge is 2.18. The zero-order chi connectivity index (χ0) is 25.7. The van der Waals surface area contributed by atoms with Crippen LogP contribution in [0.3, 0.4) is 0 Å². The Kier molecular flexibility index (Phi) is 7.69. The molecule has 11 heteroatoms. The van der Waals surface area contributed by atoms with E-state index in [9.17, 15) is 14.0 Å². The first-order chi connectivity index (χ1) is 17.3. The van der Waals surface area contributed by atoms with E-state index in [0.29, 0.717) is 34.3 Å². The molecule has 0 aliphatic rings. The molecule has 0 spiro atoms. The smallest absolute Gasteiger partial charge is 0.374 e. The first-order valence-corrected chi connectivity index (χ1v) is 12.2. The average Bonchev–Trinajstić information content (AvgIpc) is 3.58. The van der Waals surface area contributed by atoms with E-state index in [1.54, 1.807) is 64.2 Å². The molecule has 0 unspecified atom stereocenters. The molecule has 0 fully saturated rings. The molecule has 0 radical (unpaired) electrons. The van der Waals surface area contributed by atoms with Crippen LogP contribution in [-0.2, 0) is 11.3 Å². The predicted molar refractivity (Wildman–Crippen MR) is 135 cm³/mol. The molecule has 0 aliphatic heterocycles. The predicted octanol–water partition coefficient (Wildman–Crippen LogP) is 4.90. The molecule has 0 saturated heterocycles. The highest BCUT2D eigenvalue weighted by molar-refractivity contribution is 7.14. The average molecular weight is 509 g/mol. The van der Waals surface area contributed by atoms with Crippen LogP contribution in [0.1, 0.15) is 64.9 Å². The molecule has 36 heavy (non-hydrogen) atoms. The summed E-state index contributed by atoms with van der Waals surface area (Å²) in [5.74, 6) is -1.12. The van der Waals surface area contributed by atoms with Gasteiger partial charge in [-0.05, 0) is 62.8 Å². The highest BCUT2D eigenvalue weighted by Crippen LogP contribution is 2.20. The lowest BCUT2D eigenvalue weighted by atomic mass is 10.2. The van der Waals surface area contributed by atoms with Crippen molar-refractivity contribution in [3.63, 3.8) is 0 Å². The summed E-state index contributed by atoms with van der Waals surface area (Å²) in [6.45, 7) is 6.27. The van der Waals surface area contributed by atoms with Crippen molar-refractivity contribution >= 4 is 40.5 Å². The number of amides is 1. The second kappa shape index (κ2) is 11.1. The Labute approximate surface area is 211 Å². The van der Waals surface area contributed by atoms with Crippen LogP contribution in [0, 0.1) is 5.95 Å². The van der Waals surface area contributed by atoms with Gasteiger partial charge in [0.25, 0.3) is 5.91 Å². The van der Waals surface area contributed by atoms with Gasteiger partial charge in [-0.1, -0.05) is 0 Å². The number of nitrogens with zero attached hydrogens (tertiary/aromatic N) is 5. The third kappa shape index (κ3) is 5.92. The Morgan fingerprint density at radius 1 is 1.22 bits per heavy atom. The topological polar surface area (TPSA) is 104 Å². The maximum absolute atomic E-state index is 13.4. The maximum atomic E-state index is 13.4. The fraction of sp³-hybridized carbons (Fsp3) is 0.240. The minimum Gasteiger partial charge on any atom is -0.460 e. The monoisotopic (exact) mass is 508 g/mol. The van der Waals surface area contributed by atoms with Gasteiger partial charge in [0.05, 0.1) is 18.0 Å². The van der Waals surface area contributed by atoms with E-state index in [0.717, 1.165) is 0 Å². The van der Waals surface area contributed by atoms with Crippen molar-refractivity contribution in [3.8, 4) is 0 Å². The fourth-order valence-electron chi connectivity index (χ4n) is 3.48. The summed E-state index contributed by atoms with van der Waals surface area (Å²) in [5.41, 5.74) is 2.34. The molecular weight excluding hydrogens is 483 g/mol. The molecule has 0 bridgehead atoms. The van der Waals surface area contributed by atoms with Crippen LogP contribution in [0.25, 0.3) is 12.2 Å². The summed E-state index contributed by atoms with van der Waals surface area (Å²) in [5, 5.41) is 5.04. The lowest BCUT2D eigenvalue weighted by Crippen LogP contribution is -2.17. The van der Waals surface area contributed by atoms with E-state index in [2.05, 4.69) is 20.3 Å². The number of carbonyl (C=O) groups excluding carboxylic acids is 2. The van der Waals surface area contributed by atoms with E-state index in [4.69, 9.17) is 4.74 Å². The third-order valence-electron chi connectivity index (χ3n) is 5.14. The quantitative estimate of drug-likeness (QED) is 0.255. The zero-order valence-electron chi connectivity index (χ0n) is 20.0. The number of halogens is 1. The summed E-state index contributed by atoms with van der Waals surface area (Å²) < 4.78 is 22.0. The first-order valence-electron chi connectivity index (χ1n) is 11.3. The van der Waals surface area contributed by atoms with E-state index in [-0.39, 0.29) is 24.4 Å². The van der Waals surface area contributed by atoms with Crippen LogP contribution >= 0.6 is 11.3 Å². The minimum atomic E-state index is -0.567. The molecular formula is C25H25FN6O3S. The van der Waals surface area contributed by atoms with Gasteiger partial charge in [0, 0.05) is 36.6 Å². The number of imidazole rings is 1. The number of hydrogen-bond donors (Lipinski definition) is 1. The molecule has 4 aromatic heterocycles. The third-order valence-corrected chi connectivity index (χ3v) is 5.91. The van der Waals surface area contributed by atoms with Crippen molar-refractivity contribution in [2.75, 3.05) is 11.9 Å². The van der Waals surface area contributed by atoms with E-state index >= 15 is 0 Å². The Balaban J connectivity index is 1.44. The molecule has 4 heterocycles. The number of thiazole rings is 1. The number of nitrogens with one attached hydrogen (secondary N) is 1. The molecule has 0 aliphatic carbocycles. The van der Waals surface area contributed by atoms with Crippen LogP contribution < -0.4 is 5.32 Å². The zero-order valence-corrected chi connectivity index (χ0v) is 20.8. The summed E-state index contributed by atoms with van der Waals surface area (Å²) in [6.07, 6.45) is 8.44. The van der Waals surface area contributed by atoms with Crippen molar-refractivity contribution in [2.24, 2.45) is 0 Å². The largest absolute Gasteiger partial charge is 0.460 e. The highest BCUT2D eigenvalue weighted by atomic mass is 32.1. The van der Waals surface area contributed by atoms with Crippen molar-refractivity contribution < 1.29 is 18.7 Å². The van der Waals surface area contributed by atoms with Crippen LogP contribution in [0.2, 0.25) is 0 Å². The van der Waals surface area contributed by atoms with Gasteiger partial charge >= 0.3 is 5.97 Å². The summed E-state index contributed by atoms with van der Waals surface area (Å²) in [7, 11) is 0. The Hall–Kier alpha value is -4.12. The molecule has 0 atom stereocenters. The van der Waals surface area contributed by atoms with Gasteiger partial charge in [-0.15, -0.1) is 11.3 Å². The molecule has 1 amide bonds. The molecule has 186 valence electrons.